The molecule has 0 radical (unpaired) electrons. The zero-order valence-electron chi connectivity index (χ0n) is 7.59. The predicted molar refractivity (Wildman–Crippen MR) is 43.6 cm³/mol. The van der Waals surface area contributed by atoms with Crippen molar-refractivity contribution in [2.75, 3.05) is 0 Å². The van der Waals surface area contributed by atoms with Crippen LogP contribution in [0.4, 0.5) is 0 Å². The molecule has 0 bridgehead atoms. The maximum atomic E-state index is 10.8. The molecule has 0 aromatic heterocycles. The smallest absolute Gasteiger partial charge is 0.542 e. The van der Waals surface area contributed by atoms with Crippen LogP contribution in [0.1, 0.15) is 26.2 Å². The minimum absolute atomic E-state index is 0. The van der Waals surface area contributed by atoms with Crippen molar-refractivity contribution in [3.05, 3.63) is 7.43 Å². The number of hydrogen-bond acceptors (Lipinski definition) is 2. The Morgan fingerprint density at radius 2 is 2.08 bits per heavy atom. The molecule has 3 heteroatoms. The normalized spacial score (nSPS) is 28.2. The molecule has 66 valence electrons. The van der Waals surface area contributed by atoms with Gasteiger partial charge in [0.05, 0.1) is 0 Å². The third-order valence-electron chi connectivity index (χ3n) is 2.12. The van der Waals surface area contributed by atoms with E-state index in [0.29, 0.717) is 25.0 Å². The van der Waals surface area contributed by atoms with Crippen LogP contribution in [-0.4, -0.2) is 12.1 Å². The van der Waals surface area contributed by atoms with Crippen molar-refractivity contribution in [3.63, 3.8) is 0 Å². The van der Waals surface area contributed by atoms with E-state index in [9.17, 15) is 9.59 Å². The molecular weight excluding hydrogens is 378 g/mol. The van der Waals surface area contributed by atoms with Crippen LogP contribution in [0.25, 0.3) is 0 Å². The Labute approximate surface area is 97.9 Å². The van der Waals surface area contributed by atoms with Crippen LogP contribution in [0.15, 0.2) is 0 Å². The third-order valence-corrected chi connectivity index (χ3v) is 2.12. The molecule has 1 aliphatic rings. The number of carbonyl (C=O) groups excluding carboxylic acids is 2. The van der Waals surface area contributed by atoms with Crippen molar-refractivity contribution < 1.29 is 40.7 Å². The molecular formula is C9H14O2U. The Morgan fingerprint density at radius 3 is 2.50 bits per heavy atom. The van der Waals surface area contributed by atoms with Gasteiger partial charge in [-0.05, 0) is 0 Å². The van der Waals surface area contributed by atoms with E-state index in [2.05, 4.69) is 0 Å². The maximum Gasteiger partial charge on any atom is 2.00 e. The van der Waals surface area contributed by atoms with Crippen molar-refractivity contribution in [1.29, 1.82) is 0 Å². The van der Waals surface area contributed by atoms with E-state index in [-0.39, 0.29) is 50.4 Å². The fraction of sp³-hybridized carbons (Fsp3) is 0.667. The minimum atomic E-state index is 0. The number of hydrogen-bond donors (Lipinski definition) is 0. The number of ketones is 1. The first kappa shape index (κ1) is 14.9. The van der Waals surface area contributed by atoms with Gasteiger partial charge in [0.1, 0.15) is 5.78 Å². The Balaban J connectivity index is 0. The minimum Gasteiger partial charge on any atom is -0.542 e. The van der Waals surface area contributed by atoms with Crippen molar-refractivity contribution in [3.8, 4) is 0 Å². The maximum absolute atomic E-state index is 10.8. The van der Waals surface area contributed by atoms with Crippen LogP contribution in [-0.2, 0) is 9.59 Å². The van der Waals surface area contributed by atoms with Gasteiger partial charge in [-0.25, -0.2) is 0 Å². The molecule has 0 heterocycles. The molecule has 2 unspecified atom stereocenters. The Kier molecular flexibility index (Phi) is 8.51. The summed E-state index contributed by atoms with van der Waals surface area (Å²) in [6.07, 6.45) is 3.83. The van der Waals surface area contributed by atoms with Crippen molar-refractivity contribution >= 4 is 12.1 Å². The summed E-state index contributed by atoms with van der Waals surface area (Å²) in [5, 5.41) is 0. The van der Waals surface area contributed by atoms with Crippen molar-refractivity contribution in [1.82, 2.24) is 0 Å². The molecule has 12 heavy (non-hydrogen) atoms. The van der Waals surface area contributed by atoms with E-state index >= 15 is 0 Å². The first-order chi connectivity index (χ1) is 4.74. The number of rotatable bonds is 1. The summed E-state index contributed by atoms with van der Waals surface area (Å²) < 4.78 is 0. The standard InChI is InChI=1S/C8H11O2.CH3.U/c1-6-4-8(10)3-2-7(6)5-9;;/h6-7H,2-4H2,1H3;1H3;/q2*-1;+2. The van der Waals surface area contributed by atoms with E-state index in [0.717, 1.165) is 0 Å². The SMILES string of the molecule is CC1CC(=O)CCC1[C-]=O.[CH3-].[U+2]. The van der Waals surface area contributed by atoms with Crippen LogP contribution in [0.2, 0.25) is 0 Å². The molecule has 1 rings (SSSR count). The molecule has 0 spiro atoms. The Bertz CT molecular complexity index is 157. The molecule has 0 aromatic carbocycles. The fourth-order valence-corrected chi connectivity index (χ4v) is 1.38. The monoisotopic (exact) mass is 392 g/mol. The van der Waals surface area contributed by atoms with Crippen LogP contribution < -0.4 is 0 Å². The van der Waals surface area contributed by atoms with Crippen LogP contribution in [0.5, 0.6) is 0 Å². The second-order valence-corrected chi connectivity index (χ2v) is 2.98. The summed E-state index contributed by atoms with van der Waals surface area (Å²) in [6, 6.07) is 0. The van der Waals surface area contributed by atoms with Crippen LogP contribution >= 0.6 is 0 Å². The van der Waals surface area contributed by atoms with E-state index < -0.39 is 0 Å². The van der Waals surface area contributed by atoms with E-state index in [4.69, 9.17) is 0 Å². The second kappa shape index (κ2) is 6.86. The number of carbonyl (C=O) groups is 1. The molecule has 0 aromatic rings. The summed E-state index contributed by atoms with van der Waals surface area (Å²) in [4.78, 5) is 21.0. The first-order valence-electron chi connectivity index (χ1n) is 3.63. The summed E-state index contributed by atoms with van der Waals surface area (Å²) in [6.45, 7) is 1.94. The molecule has 2 atom stereocenters. The van der Waals surface area contributed by atoms with Gasteiger partial charge in [-0.2, -0.15) is 0 Å². The molecule has 1 aliphatic carbocycles. The third kappa shape index (κ3) is 3.87. The molecule has 1 saturated carbocycles. The topological polar surface area (TPSA) is 34.1 Å². The summed E-state index contributed by atoms with van der Waals surface area (Å²) in [5.41, 5.74) is 0. The van der Waals surface area contributed by atoms with Crippen molar-refractivity contribution in [2.24, 2.45) is 11.8 Å². The molecule has 0 amide bonds. The van der Waals surface area contributed by atoms with Gasteiger partial charge in [-0.3, -0.25) is 11.1 Å². The molecule has 0 saturated heterocycles. The van der Waals surface area contributed by atoms with Gasteiger partial charge in [0.2, 0.25) is 0 Å². The average Bonchev–Trinajstić information content (AvgIpc) is 1.88. The van der Waals surface area contributed by atoms with E-state index in [1.54, 1.807) is 0 Å². The van der Waals surface area contributed by atoms with Gasteiger partial charge in [-0.15, -0.1) is 5.92 Å². The molecule has 1 fully saturated rings. The van der Waals surface area contributed by atoms with Crippen LogP contribution in [0, 0.1) is 50.4 Å². The molecule has 0 aliphatic heterocycles. The zero-order chi connectivity index (χ0) is 7.56. The summed E-state index contributed by atoms with van der Waals surface area (Å²) >= 11 is 0. The first-order valence-corrected chi connectivity index (χ1v) is 3.63. The Morgan fingerprint density at radius 1 is 1.50 bits per heavy atom. The van der Waals surface area contributed by atoms with Gasteiger partial charge >= 0.3 is 31.1 Å². The van der Waals surface area contributed by atoms with Crippen molar-refractivity contribution in [2.45, 2.75) is 26.2 Å². The predicted octanol–water partition coefficient (Wildman–Crippen LogP) is 1.55. The fourth-order valence-electron chi connectivity index (χ4n) is 1.38. The quantitative estimate of drug-likeness (QED) is 0.635. The Hall–Kier alpha value is 0.392. The van der Waals surface area contributed by atoms with Crippen LogP contribution in [0.3, 0.4) is 0 Å². The van der Waals surface area contributed by atoms with Gasteiger partial charge in [0.25, 0.3) is 0 Å². The molecule has 0 N–H and O–H groups in total. The molecule has 2 nitrogen and oxygen atoms in total. The second-order valence-electron chi connectivity index (χ2n) is 2.98. The largest absolute Gasteiger partial charge is 2.00 e. The van der Waals surface area contributed by atoms with Gasteiger partial charge in [0.15, 0.2) is 0 Å². The zero-order valence-corrected chi connectivity index (χ0v) is 11.8. The number of Topliss-reactive ketones (excluding diaryl/α,β-unsaturated/α-hetero) is 1. The van der Waals surface area contributed by atoms with Gasteiger partial charge in [-0.1, -0.05) is 19.3 Å². The summed E-state index contributed by atoms with van der Waals surface area (Å²) in [5.74, 6) is 0.524. The van der Waals surface area contributed by atoms with Gasteiger partial charge < -0.3 is 12.2 Å². The van der Waals surface area contributed by atoms with E-state index in [1.807, 2.05) is 13.2 Å². The van der Waals surface area contributed by atoms with Gasteiger partial charge in [0, 0.05) is 12.8 Å². The summed E-state index contributed by atoms with van der Waals surface area (Å²) in [7, 11) is 0. The van der Waals surface area contributed by atoms with E-state index in [1.165, 1.54) is 0 Å². The average molecular weight is 392 g/mol.